The fourth-order valence-corrected chi connectivity index (χ4v) is 4.33. The number of nitrogens with zero attached hydrogens (tertiary/aromatic N) is 2. The molecule has 7 heteroatoms. The Morgan fingerprint density at radius 2 is 1.75 bits per heavy atom. The number of nitrogens with one attached hydrogen (secondary N) is 1. The average Bonchev–Trinajstić information content (AvgIpc) is 2.82. The Balaban J connectivity index is 1.56. The van der Waals surface area contributed by atoms with Crippen LogP contribution in [0, 0.1) is 13.8 Å². The minimum atomic E-state index is -0.526. The summed E-state index contributed by atoms with van der Waals surface area (Å²) >= 11 is 1.67. The lowest BCUT2D eigenvalue weighted by Gasteiger charge is -2.38. The normalized spacial score (nSPS) is 14.7. The summed E-state index contributed by atoms with van der Waals surface area (Å²) in [6.45, 7) is 7.05. The number of thioether (sulfide) groups is 1. The summed E-state index contributed by atoms with van der Waals surface area (Å²) in [7, 11) is 0. The van der Waals surface area contributed by atoms with Gasteiger partial charge in [-0.15, -0.1) is 0 Å². The van der Waals surface area contributed by atoms with Gasteiger partial charge in [0.05, 0.1) is 0 Å². The molecule has 0 aromatic heterocycles. The number of hydrogen-bond donors (Lipinski definition) is 1. The van der Waals surface area contributed by atoms with Gasteiger partial charge in [0.15, 0.2) is 6.61 Å². The maximum atomic E-state index is 13.2. The lowest BCUT2D eigenvalue weighted by Crippen LogP contribution is -2.55. The second-order valence-electron chi connectivity index (χ2n) is 8.03. The number of carbonyl (C=O) groups is 2. The Bertz CT molecular complexity index is 899. The predicted octanol–water partition coefficient (Wildman–Crippen LogP) is 3.27. The number of hydrogen-bond acceptors (Lipinski definition) is 5. The fraction of sp³-hybridized carbons (Fsp3) is 0.440. The molecule has 2 amide bonds. The highest BCUT2D eigenvalue weighted by Crippen LogP contribution is 2.24. The summed E-state index contributed by atoms with van der Waals surface area (Å²) in [6.07, 6.45) is 2.61. The van der Waals surface area contributed by atoms with Crippen molar-refractivity contribution in [2.75, 3.05) is 49.7 Å². The molecule has 1 saturated heterocycles. The summed E-state index contributed by atoms with van der Waals surface area (Å²) < 4.78 is 5.53. The van der Waals surface area contributed by atoms with E-state index in [1.165, 1.54) is 16.8 Å². The first kappa shape index (κ1) is 24.0. The molecule has 1 fully saturated rings. The van der Waals surface area contributed by atoms with Crippen molar-refractivity contribution in [1.29, 1.82) is 0 Å². The third-order valence-electron chi connectivity index (χ3n) is 5.87. The van der Waals surface area contributed by atoms with Crippen LogP contribution in [0.1, 0.15) is 17.5 Å². The topological polar surface area (TPSA) is 61.9 Å². The van der Waals surface area contributed by atoms with Crippen molar-refractivity contribution < 1.29 is 14.3 Å². The Kier molecular flexibility index (Phi) is 8.85. The van der Waals surface area contributed by atoms with Gasteiger partial charge in [0.2, 0.25) is 5.91 Å². The van der Waals surface area contributed by atoms with E-state index < -0.39 is 6.04 Å². The van der Waals surface area contributed by atoms with Gasteiger partial charge in [0.25, 0.3) is 5.91 Å². The van der Waals surface area contributed by atoms with Gasteiger partial charge in [0, 0.05) is 31.9 Å². The van der Waals surface area contributed by atoms with Crippen LogP contribution in [0.4, 0.5) is 5.69 Å². The van der Waals surface area contributed by atoms with Crippen LogP contribution in [0.3, 0.4) is 0 Å². The SMILES string of the molecule is CSCC[C@@H](NC(=O)COc1ccccc1)C(=O)N1CCN(c2cccc(C)c2C)CC1. The Hall–Kier alpha value is -2.67. The van der Waals surface area contributed by atoms with E-state index in [1.807, 2.05) is 29.4 Å². The van der Waals surface area contributed by atoms with Gasteiger partial charge < -0.3 is 19.9 Å². The maximum Gasteiger partial charge on any atom is 0.258 e. The number of carbonyl (C=O) groups excluding carboxylic acids is 2. The van der Waals surface area contributed by atoms with Crippen molar-refractivity contribution in [2.24, 2.45) is 0 Å². The molecule has 0 unspecified atom stereocenters. The number of aryl methyl sites for hydroxylation is 1. The van der Waals surface area contributed by atoms with Gasteiger partial charge in [-0.1, -0.05) is 30.3 Å². The number of amides is 2. The molecule has 2 aromatic carbocycles. The first-order valence-electron chi connectivity index (χ1n) is 11.1. The molecule has 3 rings (SSSR count). The van der Waals surface area contributed by atoms with Crippen LogP contribution in [0.2, 0.25) is 0 Å². The van der Waals surface area contributed by atoms with Gasteiger partial charge >= 0.3 is 0 Å². The number of ether oxygens (including phenoxy) is 1. The lowest BCUT2D eigenvalue weighted by atomic mass is 10.1. The van der Waals surface area contributed by atoms with Crippen molar-refractivity contribution in [3.63, 3.8) is 0 Å². The molecule has 0 spiro atoms. The molecule has 1 heterocycles. The number of piperazine rings is 1. The largest absolute Gasteiger partial charge is 0.484 e. The highest BCUT2D eigenvalue weighted by Gasteiger charge is 2.29. The molecule has 172 valence electrons. The van der Waals surface area contributed by atoms with E-state index in [1.54, 1.807) is 23.9 Å². The zero-order valence-electron chi connectivity index (χ0n) is 19.2. The van der Waals surface area contributed by atoms with Crippen LogP contribution >= 0.6 is 11.8 Å². The van der Waals surface area contributed by atoms with Crippen LogP contribution in [-0.4, -0.2) is 67.6 Å². The summed E-state index contributed by atoms with van der Waals surface area (Å²) in [5.41, 5.74) is 3.80. The molecule has 6 nitrogen and oxygen atoms in total. The molecule has 0 aliphatic carbocycles. The summed E-state index contributed by atoms with van der Waals surface area (Å²) in [4.78, 5) is 29.9. The Labute approximate surface area is 195 Å². The van der Waals surface area contributed by atoms with Gasteiger partial charge in [0.1, 0.15) is 11.8 Å². The van der Waals surface area contributed by atoms with Gasteiger partial charge in [-0.3, -0.25) is 9.59 Å². The third-order valence-corrected chi connectivity index (χ3v) is 6.51. The van der Waals surface area contributed by atoms with E-state index in [2.05, 4.69) is 42.3 Å². The first-order valence-corrected chi connectivity index (χ1v) is 12.4. The van der Waals surface area contributed by atoms with E-state index in [0.29, 0.717) is 25.3 Å². The van der Waals surface area contributed by atoms with Crippen LogP contribution in [0.25, 0.3) is 0 Å². The quantitative estimate of drug-likeness (QED) is 0.629. The lowest BCUT2D eigenvalue weighted by molar-refractivity contribution is -0.137. The number of anilines is 1. The minimum Gasteiger partial charge on any atom is -0.484 e. The maximum absolute atomic E-state index is 13.2. The van der Waals surface area contributed by atoms with E-state index >= 15 is 0 Å². The van der Waals surface area contributed by atoms with E-state index in [0.717, 1.165) is 18.8 Å². The zero-order chi connectivity index (χ0) is 22.9. The van der Waals surface area contributed by atoms with Crippen molar-refractivity contribution in [1.82, 2.24) is 10.2 Å². The molecule has 0 saturated carbocycles. The van der Waals surface area contributed by atoms with Crippen LogP contribution in [0.15, 0.2) is 48.5 Å². The minimum absolute atomic E-state index is 0.00674. The highest BCUT2D eigenvalue weighted by molar-refractivity contribution is 7.98. The van der Waals surface area contributed by atoms with Crippen molar-refractivity contribution in [3.8, 4) is 5.75 Å². The van der Waals surface area contributed by atoms with Gasteiger partial charge in [-0.2, -0.15) is 11.8 Å². The highest BCUT2D eigenvalue weighted by atomic mass is 32.2. The molecule has 2 aromatic rings. The summed E-state index contributed by atoms with van der Waals surface area (Å²) in [5.74, 6) is 1.16. The van der Waals surface area contributed by atoms with E-state index in [4.69, 9.17) is 4.74 Å². The molecule has 0 radical (unpaired) electrons. The number of benzene rings is 2. The molecule has 1 aliphatic heterocycles. The van der Waals surface area contributed by atoms with Crippen molar-refractivity contribution >= 4 is 29.3 Å². The molecule has 0 bridgehead atoms. The van der Waals surface area contributed by atoms with Crippen LogP contribution in [-0.2, 0) is 9.59 Å². The second kappa shape index (κ2) is 11.8. The smallest absolute Gasteiger partial charge is 0.258 e. The summed E-state index contributed by atoms with van der Waals surface area (Å²) in [6, 6.07) is 15.0. The molecule has 32 heavy (non-hydrogen) atoms. The van der Waals surface area contributed by atoms with Crippen LogP contribution in [0.5, 0.6) is 5.75 Å². The molecule has 1 aliphatic rings. The van der Waals surface area contributed by atoms with E-state index in [9.17, 15) is 9.59 Å². The molecule has 1 N–H and O–H groups in total. The monoisotopic (exact) mass is 455 g/mol. The van der Waals surface area contributed by atoms with Gasteiger partial charge in [-0.25, -0.2) is 0 Å². The standard InChI is InChI=1S/C25H33N3O3S/c1-19-8-7-11-23(20(19)2)27-13-15-28(16-14-27)25(30)22(12-17-32-3)26-24(29)18-31-21-9-5-4-6-10-21/h4-11,22H,12-18H2,1-3H3,(H,26,29)/t22-/m1/s1. The van der Waals surface area contributed by atoms with Gasteiger partial charge in [-0.05, 0) is 61.6 Å². The molecular weight excluding hydrogens is 422 g/mol. The van der Waals surface area contributed by atoms with Crippen molar-refractivity contribution in [3.05, 3.63) is 59.7 Å². The fourth-order valence-electron chi connectivity index (χ4n) is 3.86. The zero-order valence-corrected chi connectivity index (χ0v) is 20.0. The van der Waals surface area contributed by atoms with Crippen molar-refractivity contribution in [2.45, 2.75) is 26.3 Å². The second-order valence-corrected chi connectivity index (χ2v) is 9.02. The summed E-state index contributed by atoms with van der Waals surface area (Å²) in [5, 5.41) is 2.90. The third kappa shape index (κ3) is 6.42. The van der Waals surface area contributed by atoms with Crippen LogP contribution < -0.4 is 15.0 Å². The molecular formula is C25H33N3O3S. The Morgan fingerprint density at radius 1 is 1.03 bits per heavy atom. The van der Waals surface area contributed by atoms with E-state index in [-0.39, 0.29) is 18.4 Å². The molecule has 1 atom stereocenters. The number of rotatable bonds is 9. The predicted molar refractivity (Wildman–Crippen MR) is 132 cm³/mol. The average molecular weight is 456 g/mol. The Morgan fingerprint density at radius 3 is 2.44 bits per heavy atom. The number of para-hydroxylation sites is 1. The first-order chi connectivity index (χ1) is 15.5.